The molecule has 0 spiro atoms. The van der Waals surface area contributed by atoms with Crippen molar-refractivity contribution in [1.82, 2.24) is 14.9 Å². The summed E-state index contributed by atoms with van der Waals surface area (Å²) in [7, 11) is 0. The fraction of sp³-hybridized carbons (Fsp3) is 0.667. The Hall–Kier alpha value is -0.870. The van der Waals surface area contributed by atoms with Crippen molar-refractivity contribution in [3.05, 3.63) is 17.0 Å². The molecule has 0 aliphatic carbocycles. The van der Waals surface area contributed by atoms with Crippen molar-refractivity contribution < 1.29 is 0 Å². The van der Waals surface area contributed by atoms with Crippen molar-refractivity contribution in [2.45, 2.75) is 27.2 Å². The molecular weight excluding hydrogens is 236 g/mol. The first-order valence-electron chi connectivity index (χ1n) is 6.13. The summed E-state index contributed by atoms with van der Waals surface area (Å²) in [5, 5.41) is 3.57. The largest absolute Gasteiger partial charge is 0.370 e. The minimum absolute atomic E-state index is 0.302. The molecule has 0 fully saturated rings. The van der Waals surface area contributed by atoms with Gasteiger partial charge in [-0.3, -0.25) is 0 Å². The number of hydrogen-bond donors (Lipinski definition) is 1. The van der Waals surface area contributed by atoms with Gasteiger partial charge in [0, 0.05) is 18.3 Å². The van der Waals surface area contributed by atoms with Gasteiger partial charge in [0.1, 0.15) is 5.82 Å². The molecule has 96 valence electrons. The van der Waals surface area contributed by atoms with Gasteiger partial charge < -0.3 is 10.2 Å². The zero-order valence-corrected chi connectivity index (χ0v) is 11.6. The number of rotatable bonds is 7. The van der Waals surface area contributed by atoms with E-state index in [1.54, 1.807) is 0 Å². The lowest BCUT2D eigenvalue weighted by molar-refractivity contribution is 0.303. The third kappa shape index (κ3) is 5.33. The minimum Gasteiger partial charge on any atom is -0.370 e. The van der Waals surface area contributed by atoms with Crippen LogP contribution in [0.1, 0.15) is 26.0 Å². The van der Waals surface area contributed by atoms with E-state index in [0.717, 1.165) is 44.1 Å². The summed E-state index contributed by atoms with van der Waals surface area (Å²) in [4.78, 5) is 10.5. The van der Waals surface area contributed by atoms with Crippen LogP contribution in [0.3, 0.4) is 0 Å². The summed E-state index contributed by atoms with van der Waals surface area (Å²) < 4.78 is 0. The third-order valence-corrected chi connectivity index (χ3v) is 2.85. The molecule has 0 bridgehead atoms. The molecule has 4 nitrogen and oxygen atoms in total. The van der Waals surface area contributed by atoms with Crippen LogP contribution in [-0.2, 0) is 0 Å². The quantitative estimate of drug-likeness (QED) is 0.601. The fourth-order valence-corrected chi connectivity index (χ4v) is 1.91. The highest BCUT2D eigenvalue weighted by Crippen LogP contribution is 2.09. The molecule has 1 heterocycles. The summed E-state index contributed by atoms with van der Waals surface area (Å²) >= 11 is 5.79. The van der Waals surface area contributed by atoms with Gasteiger partial charge in [0.2, 0.25) is 5.28 Å². The number of anilines is 1. The van der Waals surface area contributed by atoms with E-state index in [1.807, 2.05) is 13.0 Å². The van der Waals surface area contributed by atoms with Crippen molar-refractivity contribution in [2.75, 3.05) is 31.5 Å². The molecule has 5 heteroatoms. The molecule has 0 aliphatic heterocycles. The SMILES string of the molecule is CCN(CC)CCCNc1cc(C)nc(Cl)n1. The lowest BCUT2D eigenvalue weighted by Gasteiger charge is -2.17. The van der Waals surface area contributed by atoms with Crippen LogP contribution in [0.2, 0.25) is 5.28 Å². The topological polar surface area (TPSA) is 41.0 Å². The maximum Gasteiger partial charge on any atom is 0.224 e. The predicted octanol–water partition coefficient (Wildman–Crippen LogP) is 2.58. The molecule has 0 radical (unpaired) electrons. The van der Waals surface area contributed by atoms with E-state index < -0.39 is 0 Å². The molecule has 1 aromatic heterocycles. The highest BCUT2D eigenvalue weighted by molar-refractivity contribution is 6.28. The van der Waals surface area contributed by atoms with Gasteiger partial charge in [0.05, 0.1) is 0 Å². The first kappa shape index (κ1) is 14.2. The van der Waals surface area contributed by atoms with Gasteiger partial charge in [-0.2, -0.15) is 0 Å². The van der Waals surface area contributed by atoms with Crippen molar-refractivity contribution in [2.24, 2.45) is 0 Å². The first-order chi connectivity index (χ1) is 8.15. The van der Waals surface area contributed by atoms with Gasteiger partial charge in [0.15, 0.2) is 0 Å². The van der Waals surface area contributed by atoms with Crippen molar-refractivity contribution >= 4 is 17.4 Å². The van der Waals surface area contributed by atoms with E-state index in [9.17, 15) is 0 Å². The van der Waals surface area contributed by atoms with Crippen LogP contribution in [-0.4, -0.2) is 41.0 Å². The van der Waals surface area contributed by atoms with Gasteiger partial charge in [-0.25, -0.2) is 9.97 Å². The van der Waals surface area contributed by atoms with Gasteiger partial charge >= 0.3 is 0 Å². The average Bonchev–Trinajstić information content (AvgIpc) is 2.28. The van der Waals surface area contributed by atoms with E-state index in [1.165, 1.54) is 0 Å². The second kappa shape index (κ2) is 7.45. The van der Waals surface area contributed by atoms with Crippen LogP contribution >= 0.6 is 11.6 Å². The third-order valence-electron chi connectivity index (χ3n) is 2.68. The van der Waals surface area contributed by atoms with Gasteiger partial charge in [-0.1, -0.05) is 13.8 Å². The van der Waals surface area contributed by atoms with Crippen LogP contribution in [0.15, 0.2) is 6.07 Å². The van der Waals surface area contributed by atoms with Crippen molar-refractivity contribution in [1.29, 1.82) is 0 Å². The molecular formula is C12H21ClN4. The Labute approximate surface area is 108 Å². The number of halogens is 1. The summed E-state index contributed by atoms with van der Waals surface area (Å²) in [6.45, 7) is 10.5. The average molecular weight is 257 g/mol. The molecule has 1 aromatic rings. The van der Waals surface area contributed by atoms with E-state index in [-0.39, 0.29) is 0 Å². The molecule has 0 saturated heterocycles. The van der Waals surface area contributed by atoms with Crippen LogP contribution in [0.4, 0.5) is 5.82 Å². The number of nitrogens with zero attached hydrogens (tertiary/aromatic N) is 3. The normalized spacial score (nSPS) is 10.9. The summed E-state index contributed by atoms with van der Waals surface area (Å²) in [5.74, 6) is 0.807. The number of aromatic nitrogens is 2. The standard InChI is InChI=1S/C12H21ClN4/c1-4-17(5-2)8-6-7-14-11-9-10(3)15-12(13)16-11/h9H,4-8H2,1-3H3,(H,14,15,16). The van der Waals surface area contributed by atoms with E-state index in [2.05, 4.69) is 34.0 Å². The summed E-state index contributed by atoms with van der Waals surface area (Å²) in [5.41, 5.74) is 0.885. The molecule has 0 amide bonds. The Balaban J connectivity index is 2.31. The number of aryl methyl sites for hydroxylation is 1. The summed E-state index contributed by atoms with van der Waals surface area (Å²) in [6, 6.07) is 1.91. The molecule has 0 atom stereocenters. The summed E-state index contributed by atoms with van der Waals surface area (Å²) in [6.07, 6.45) is 1.10. The molecule has 1 N–H and O–H groups in total. The maximum atomic E-state index is 5.79. The Morgan fingerprint density at radius 3 is 2.59 bits per heavy atom. The number of nitrogens with one attached hydrogen (secondary N) is 1. The van der Waals surface area contributed by atoms with Crippen molar-refractivity contribution in [3.8, 4) is 0 Å². The Bertz CT molecular complexity index is 319. The number of hydrogen-bond acceptors (Lipinski definition) is 4. The molecule has 0 aromatic carbocycles. The smallest absolute Gasteiger partial charge is 0.224 e. The van der Waals surface area contributed by atoms with Crippen LogP contribution in [0.25, 0.3) is 0 Å². The van der Waals surface area contributed by atoms with Gasteiger partial charge in [-0.15, -0.1) is 0 Å². The van der Waals surface area contributed by atoms with Gasteiger partial charge in [-0.05, 0) is 44.6 Å². The molecule has 1 rings (SSSR count). The fourth-order valence-electron chi connectivity index (χ4n) is 1.68. The van der Waals surface area contributed by atoms with E-state index in [0.29, 0.717) is 5.28 Å². The minimum atomic E-state index is 0.302. The Kier molecular flexibility index (Phi) is 6.22. The van der Waals surface area contributed by atoms with Crippen LogP contribution < -0.4 is 5.32 Å². The highest BCUT2D eigenvalue weighted by Gasteiger charge is 2.01. The lowest BCUT2D eigenvalue weighted by Crippen LogP contribution is -2.25. The molecule has 0 saturated carbocycles. The van der Waals surface area contributed by atoms with Crippen LogP contribution in [0, 0.1) is 6.92 Å². The second-order valence-corrected chi connectivity index (χ2v) is 4.31. The second-order valence-electron chi connectivity index (χ2n) is 3.97. The monoisotopic (exact) mass is 256 g/mol. The van der Waals surface area contributed by atoms with E-state index in [4.69, 9.17) is 11.6 Å². The highest BCUT2D eigenvalue weighted by atomic mass is 35.5. The maximum absolute atomic E-state index is 5.79. The molecule has 17 heavy (non-hydrogen) atoms. The zero-order valence-electron chi connectivity index (χ0n) is 10.8. The van der Waals surface area contributed by atoms with Gasteiger partial charge in [0.25, 0.3) is 0 Å². The van der Waals surface area contributed by atoms with Crippen LogP contribution in [0.5, 0.6) is 0 Å². The Morgan fingerprint density at radius 2 is 2.00 bits per heavy atom. The zero-order chi connectivity index (χ0) is 12.7. The van der Waals surface area contributed by atoms with Crippen molar-refractivity contribution in [3.63, 3.8) is 0 Å². The molecule has 0 unspecified atom stereocenters. The Morgan fingerprint density at radius 1 is 1.29 bits per heavy atom. The molecule has 0 aliphatic rings. The van der Waals surface area contributed by atoms with E-state index >= 15 is 0 Å². The lowest BCUT2D eigenvalue weighted by atomic mass is 10.3. The predicted molar refractivity (Wildman–Crippen MR) is 72.7 cm³/mol. The first-order valence-corrected chi connectivity index (χ1v) is 6.51.